The number of anilines is 1. The third-order valence-corrected chi connectivity index (χ3v) is 4.88. The Labute approximate surface area is 173 Å². The molecule has 0 spiro atoms. The van der Waals surface area contributed by atoms with Crippen LogP contribution >= 0.6 is 0 Å². The molecule has 0 unspecified atom stereocenters. The summed E-state index contributed by atoms with van der Waals surface area (Å²) in [5.74, 6) is 0.595. The van der Waals surface area contributed by atoms with Gasteiger partial charge in [-0.1, -0.05) is 24.3 Å². The maximum Gasteiger partial charge on any atom is 0.137 e. The number of rotatable bonds is 10. The van der Waals surface area contributed by atoms with Crippen LogP contribution in [-0.2, 0) is 9.47 Å². The lowest BCUT2D eigenvalue weighted by Crippen LogP contribution is -2.38. The van der Waals surface area contributed by atoms with Gasteiger partial charge in [-0.2, -0.15) is 5.26 Å². The fraction of sp³-hybridized carbons (Fsp3) is 0.435. The Morgan fingerprint density at radius 3 is 2.62 bits per heavy atom. The standard InChI is InChI=1S/C23H29N3O3/c1-2-27-16-17-29-23-5-3-4-21(22(23)18-24)19-6-8-20(9-7-19)25-10-11-26-12-14-28-15-13-26/h3-9,25H,2,10-17H2,1H3. The van der Waals surface area contributed by atoms with Gasteiger partial charge >= 0.3 is 0 Å². The van der Waals surface area contributed by atoms with Gasteiger partial charge in [-0.3, -0.25) is 4.90 Å². The van der Waals surface area contributed by atoms with Gasteiger partial charge in [-0.05, 0) is 30.7 Å². The number of nitrogens with one attached hydrogen (secondary N) is 1. The van der Waals surface area contributed by atoms with Gasteiger partial charge in [-0.15, -0.1) is 0 Å². The van der Waals surface area contributed by atoms with Gasteiger partial charge in [0.15, 0.2) is 0 Å². The quantitative estimate of drug-likeness (QED) is 0.622. The second kappa shape index (κ2) is 11.4. The van der Waals surface area contributed by atoms with Gasteiger partial charge in [-0.25, -0.2) is 0 Å². The molecule has 1 aliphatic heterocycles. The first-order valence-corrected chi connectivity index (χ1v) is 10.2. The Kier molecular flexibility index (Phi) is 8.32. The van der Waals surface area contributed by atoms with Crippen molar-refractivity contribution in [2.24, 2.45) is 0 Å². The van der Waals surface area contributed by atoms with Crippen LogP contribution in [0.2, 0.25) is 0 Å². The molecule has 1 saturated heterocycles. The summed E-state index contributed by atoms with van der Waals surface area (Å²) in [7, 11) is 0. The minimum atomic E-state index is 0.429. The Balaban J connectivity index is 1.60. The third-order valence-electron chi connectivity index (χ3n) is 4.88. The number of hydrogen-bond donors (Lipinski definition) is 1. The van der Waals surface area contributed by atoms with E-state index in [1.165, 1.54) is 0 Å². The zero-order chi connectivity index (χ0) is 20.3. The van der Waals surface area contributed by atoms with E-state index >= 15 is 0 Å². The molecule has 2 aromatic carbocycles. The summed E-state index contributed by atoms with van der Waals surface area (Å²) in [5, 5.41) is 13.1. The second-order valence-corrected chi connectivity index (χ2v) is 6.79. The topological polar surface area (TPSA) is 66.8 Å². The van der Waals surface area contributed by atoms with E-state index in [1.54, 1.807) is 0 Å². The minimum absolute atomic E-state index is 0.429. The van der Waals surface area contributed by atoms with Crippen LogP contribution < -0.4 is 10.1 Å². The molecule has 6 heteroatoms. The number of morpholine rings is 1. The van der Waals surface area contributed by atoms with E-state index in [4.69, 9.17) is 14.2 Å². The maximum atomic E-state index is 9.67. The molecule has 154 valence electrons. The highest BCUT2D eigenvalue weighted by atomic mass is 16.5. The number of hydrogen-bond acceptors (Lipinski definition) is 6. The summed E-state index contributed by atoms with van der Waals surface area (Å²) in [6, 6.07) is 16.2. The molecule has 2 aromatic rings. The zero-order valence-electron chi connectivity index (χ0n) is 17.0. The minimum Gasteiger partial charge on any atom is -0.490 e. The molecule has 1 aliphatic rings. The van der Waals surface area contributed by atoms with E-state index in [0.717, 1.165) is 56.2 Å². The Hall–Kier alpha value is -2.59. The van der Waals surface area contributed by atoms with Crippen LogP contribution in [0, 0.1) is 11.3 Å². The highest BCUT2D eigenvalue weighted by Gasteiger charge is 2.12. The fourth-order valence-electron chi connectivity index (χ4n) is 3.31. The van der Waals surface area contributed by atoms with E-state index in [-0.39, 0.29) is 0 Å². The molecule has 1 fully saturated rings. The molecule has 0 bridgehead atoms. The van der Waals surface area contributed by atoms with Crippen molar-refractivity contribution in [3.63, 3.8) is 0 Å². The summed E-state index contributed by atoms with van der Waals surface area (Å²) >= 11 is 0. The largest absolute Gasteiger partial charge is 0.490 e. The second-order valence-electron chi connectivity index (χ2n) is 6.79. The summed E-state index contributed by atoms with van der Waals surface area (Å²) in [4.78, 5) is 2.40. The summed E-state index contributed by atoms with van der Waals surface area (Å²) < 4.78 is 16.4. The highest BCUT2D eigenvalue weighted by molar-refractivity contribution is 5.74. The van der Waals surface area contributed by atoms with Crippen LogP contribution in [-0.4, -0.2) is 64.1 Å². The molecule has 0 amide bonds. The summed E-state index contributed by atoms with van der Waals surface area (Å²) in [5.41, 5.74) is 3.50. The van der Waals surface area contributed by atoms with Crippen molar-refractivity contribution in [3.8, 4) is 22.9 Å². The lowest BCUT2D eigenvalue weighted by Gasteiger charge is -2.26. The molecular weight excluding hydrogens is 366 g/mol. The molecule has 1 N–H and O–H groups in total. The zero-order valence-corrected chi connectivity index (χ0v) is 17.0. The molecule has 3 rings (SSSR count). The van der Waals surface area contributed by atoms with Crippen molar-refractivity contribution in [1.82, 2.24) is 4.90 Å². The highest BCUT2D eigenvalue weighted by Crippen LogP contribution is 2.31. The van der Waals surface area contributed by atoms with Crippen LogP contribution in [0.1, 0.15) is 12.5 Å². The average molecular weight is 396 g/mol. The van der Waals surface area contributed by atoms with Gasteiger partial charge in [0.1, 0.15) is 24.0 Å². The molecule has 0 aliphatic carbocycles. The first kappa shape index (κ1) is 21.1. The van der Waals surface area contributed by atoms with Crippen molar-refractivity contribution < 1.29 is 14.2 Å². The molecule has 0 atom stereocenters. The van der Waals surface area contributed by atoms with Gasteiger partial charge in [0.05, 0.1) is 19.8 Å². The van der Waals surface area contributed by atoms with E-state index in [9.17, 15) is 5.26 Å². The van der Waals surface area contributed by atoms with Gasteiger partial charge < -0.3 is 19.5 Å². The number of ether oxygens (including phenoxy) is 3. The average Bonchev–Trinajstić information content (AvgIpc) is 2.78. The van der Waals surface area contributed by atoms with Crippen LogP contribution in [0.5, 0.6) is 5.75 Å². The SMILES string of the molecule is CCOCCOc1cccc(-c2ccc(NCCN3CCOCC3)cc2)c1C#N. The molecule has 1 heterocycles. The van der Waals surface area contributed by atoms with Crippen molar-refractivity contribution in [3.05, 3.63) is 48.0 Å². The molecule has 0 saturated carbocycles. The fourth-order valence-corrected chi connectivity index (χ4v) is 3.31. The van der Waals surface area contributed by atoms with Crippen molar-refractivity contribution in [2.75, 3.05) is 64.5 Å². The number of nitriles is 1. The monoisotopic (exact) mass is 395 g/mol. The lowest BCUT2D eigenvalue weighted by atomic mass is 9.99. The molecular formula is C23H29N3O3. The van der Waals surface area contributed by atoms with Gasteiger partial charge in [0.25, 0.3) is 0 Å². The third kappa shape index (κ3) is 6.20. The Morgan fingerprint density at radius 2 is 1.90 bits per heavy atom. The van der Waals surface area contributed by atoms with E-state index in [2.05, 4.69) is 28.4 Å². The molecule has 29 heavy (non-hydrogen) atoms. The summed E-state index contributed by atoms with van der Waals surface area (Å²) in [6.07, 6.45) is 0. The number of nitrogens with zero attached hydrogens (tertiary/aromatic N) is 2. The van der Waals surface area contributed by atoms with Crippen LogP contribution in [0.3, 0.4) is 0 Å². The van der Waals surface area contributed by atoms with Crippen molar-refractivity contribution in [2.45, 2.75) is 6.92 Å². The lowest BCUT2D eigenvalue weighted by molar-refractivity contribution is 0.0398. The Morgan fingerprint density at radius 1 is 1.10 bits per heavy atom. The van der Waals surface area contributed by atoms with Crippen molar-refractivity contribution in [1.29, 1.82) is 5.26 Å². The maximum absolute atomic E-state index is 9.67. The van der Waals surface area contributed by atoms with Gasteiger partial charge in [0.2, 0.25) is 0 Å². The first-order chi connectivity index (χ1) is 14.3. The summed E-state index contributed by atoms with van der Waals surface area (Å²) in [6.45, 7) is 9.09. The van der Waals surface area contributed by atoms with E-state index in [0.29, 0.717) is 31.1 Å². The number of benzene rings is 2. The Bertz CT molecular complexity index is 796. The van der Waals surface area contributed by atoms with Crippen LogP contribution in [0.15, 0.2) is 42.5 Å². The molecule has 0 aromatic heterocycles. The normalized spacial score (nSPS) is 14.3. The van der Waals surface area contributed by atoms with Crippen molar-refractivity contribution >= 4 is 5.69 Å². The predicted octanol–water partition coefficient (Wildman–Crippen LogP) is 3.38. The molecule has 0 radical (unpaired) electrons. The van der Waals surface area contributed by atoms with Crippen LogP contribution in [0.4, 0.5) is 5.69 Å². The van der Waals surface area contributed by atoms with E-state index in [1.807, 2.05) is 37.3 Å². The van der Waals surface area contributed by atoms with E-state index < -0.39 is 0 Å². The van der Waals surface area contributed by atoms with Gasteiger partial charge in [0, 0.05) is 44.0 Å². The smallest absolute Gasteiger partial charge is 0.137 e. The first-order valence-electron chi connectivity index (χ1n) is 10.2. The van der Waals surface area contributed by atoms with Crippen LogP contribution in [0.25, 0.3) is 11.1 Å². The predicted molar refractivity (Wildman–Crippen MR) is 114 cm³/mol. The molecule has 6 nitrogen and oxygen atoms in total.